The van der Waals surface area contributed by atoms with Crippen molar-refractivity contribution in [3.63, 3.8) is 0 Å². The highest BCUT2D eigenvalue weighted by Crippen LogP contribution is 2.21. The number of aryl methyl sites for hydroxylation is 1. The van der Waals surface area contributed by atoms with E-state index in [0.717, 1.165) is 11.4 Å². The molecular weight excluding hydrogens is 335 g/mol. The van der Waals surface area contributed by atoms with Crippen LogP contribution in [0.25, 0.3) is 0 Å². The second kappa shape index (κ2) is 7.60. The van der Waals surface area contributed by atoms with Crippen molar-refractivity contribution in [2.75, 3.05) is 17.7 Å². The summed E-state index contributed by atoms with van der Waals surface area (Å²) in [5.41, 5.74) is 1.96. The topological polar surface area (TPSA) is 76.1 Å². The average molecular weight is 352 g/mol. The zero-order chi connectivity index (χ0) is 18.5. The summed E-state index contributed by atoms with van der Waals surface area (Å²) in [4.78, 5) is 20.1. The van der Waals surface area contributed by atoms with Crippen molar-refractivity contribution in [2.24, 2.45) is 0 Å². The highest BCUT2D eigenvalue weighted by molar-refractivity contribution is 5.89. The molecule has 2 aromatic carbocycles. The number of carbonyl (C=O) groups excluding carboxylic acids is 1. The zero-order valence-corrected chi connectivity index (χ0v) is 14.3. The SMILES string of the molecule is COC(=O)c1ccc(Nc2cc(Nc3ccc(F)cc3)nc(C)n2)cc1. The quantitative estimate of drug-likeness (QED) is 0.670. The van der Waals surface area contributed by atoms with E-state index in [1.807, 2.05) is 0 Å². The third-order valence-electron chi connectivity index (χ3n) is 3.53. The molecule has 0 spiro atoms. The van der Waals surface area contributed by atoms with Crippen molar-refractivity contribution in [3.05, 3.63) is 71.8 Å². The van der Waals surface area contributed by atoms with E-state index < -0.39 is 0 Å². The minimum absolute atomic E-state index is 0.299. The van der Waals surface area contributed by atoms with Crippen LogP contribution in [-0.4, -0.2) is 23.0 Å². The standard InChI is InChI=1S/C19H17FN4O2/c1-12-21-17(23-15-7-3-13(4-8-15)19(25)26-2)11-18(22-12)24-16-9-5-14(20)6-10-16/h3-11H,1-2H3,(H2,21,22,23,24). The number of halogens is 1. The van der Waals surface area contributed by atoms with Gasteiger partial charge in [-0.15, -0.1) is 0 Å². The van der Waals surface area contributed by atoms with Crippen molar-refractivity contribution in [3.8, 4) is 0 Å². The Morgan fingerprint density at radius 1 is 0.923 bits per heavy atom. The monoisotopic (exact) mass is 352 g/mol. The van der Waals surface area contributed by atoms with Crippen LogP contribution in [0.5, 0.6) is 0 Å². The molecular formula is C19H17FN4O2. The van der Waals surface area contributed by atoms with Gasteiger partial charge in [-0.05, 0) is 55.5 Å². The van der Waals surface area contributed by atoms with Crippen LogP contribution < -0.4 is 10.6 Å². The number of hydrogen-bond acceptors (Lipinski definition) is 6. The highest BCUT2D eigenvalue weighted by atomic mass is 19.1. The highest BCUT2D eigenvalue weighted by Gasteiger charge is 2.06. The van der Waals surface area contributed by atoms with Crippen LogP contribution in [0, 0.1) is 12.7 Å². The number of esters is 1. The van der Waals surface area contributed by atoms with Crippen molar-refractivity contribution < 1.29 is 13.9 Å². The van der Waals surface area contributed by atoms with Gasteiger partial charge in [-0.2, -0.15) is 0 Å². The van der Waals surface area contributed by atoms with E-state index in [-0.39, 0.29) is 11.8 Å². The van der Waals surface area contributed by atoms with E-state index in [4.69, 9.17) is 0 Å². The van der Waals surface area contributed by atoms with Gasteiger partial charge < -0.3 is 15.4 Å². The molecule has 3 rings (SSSR count). The Hall–Kier alpha value is -3.48. The molecule has 0 aliphatic carbocycles. The smallest absolute Gasteiger partial charge is 0.337 e. The Morgan fingerprint density at radius 2 is 1.42 bits per heavy atom. The first kappa shape index (κ1) is 17.3. The molecule has 3 aromatic rings. The fraction of sp³-hybridized carbons (Fsp3) is 0.105. The lowest BCUT2D eigenvalue weighted by Crippen LogP contribution is -2.03. The number of nitrogens with one attached hydrogen (secondary N) is 2. The lowest BCUT2D eigenvalue weighted by Gasteiger charge is -2.10. The van der Waals surface area contributed by atoms with Gasteiger partial charge >= 0.3 is 5.97 Å². The van der Waals surface area contributed by atoms with Gasteiger partial charge in [0.2, 0.25) is 0 Å². The van der Waals surface area contributed by atoms with E-state index in [9.17, 15) is 9.18 Å². The van der Waals surface area contributed by atoms with Crippen LogP contribution in [0.4, 0.5) is 27.4 Å². The van der Waals surface area contributed by atoms with Crippen molar-refractivity contribution >= 4 is 29.0 Å². The number of methoxy groups -OCH3 is 1. The summed E-state index contributed by atoms with van der Waals surface area (Å²) in [5, 5.41) is 6.27. The molecule has 0 aliphatic rings. The Bertz CT molecular complexity index is 912. The Kier molecular flexibility index (Phi) is 5.07. The third-order valence-corrected chi connectivity index (χ3v) is 3.53. The molecule has 0 fully saturated rings. The zero-order valence-electron chi connectivity index (χ0n) is 14.3. The van der Waals surface area contributed by atoms with Crippen LogP contribution in [0.3, 0.4) is 0 Å². The first-order valence-electron chi connectivity index (χ1n) is 7.87. The Labute approximate surface area is 150 Å². The van der Waals surface area contributed by atoms with Gasteiger partial charge in [0.1, 0.15) is 23.3 Å². The molecule has 0 unspecified atom stereocenters. The lowest BCUT2D eigenvalue weighted by atomic mass is 10.2. The molecule has 132 valence electrons. The summed E-state index contributed by atoms with van der Waals surface area (Å²) in [7, 11) is 1.34. The molecule has 1 heterocycles. The van der Waals surface area contributed by atoms with Gasteiger partial charge in [0.25, 0.3) is 0 Å². The second-order valence-electron chi connectivity index (χ2n) is 5.51. The number of anilines is 4. The lowest BCUT2D eigenvalue weighted by molar-refractivity contribution is 0.0601. The normalized spacial score (nSPS) is 10.3. The van der Waals surface area contributed by atoms with Crippen LogP contribution in [-0.2, 0) is 4.74 Å². The maximum atomic E-state index is 13.0. The Morgan fingerprint density at radius 3 is 1.92 bits per heavy atom. The summed E-state index contributed by atoms with van der Waals surface area (Å²) in [6.45, 7) is 1.78. The first-order chi connectivity index (χ1) is 12.5. The summed E-state index contributed by atoms with van der Waals surface area (Å²) in [5.74, 6) is 1.06. The van der Waals surface area contributed by atoms with Gasteiger partial charge in [-0.1, -0.05) is 0 Å². The first-order valence-corrected chi connectivity index (χ1v) is 7.87. The van der Waals surface area contributed by atoms with Crippen LogP contribution in [0.15, 0.2) is 54.6 Å². The van der Waals surface area contributed by atoms with Crippen LogP contribution >= 0.6 is 0 Å². The predicted molar refractivity (Wildman–Crippen MR) is 97.5 cm³/mol. The number of aromatic nitrogens is 2. The summed E-state index contributed by atoms with van der Waals surface area (Å²) < 4.78 is 17.7. The molecule has 0 aliphatic heterocycles. The number of nitrogens with zero attached hydrogens (tertiary/aromatic N) is 2. The van der Waals surface area contributed by atoms with Crippen molar-refractivity contribution in [1.29, 1.82) is 0 Å². The number of benzene rings is 2. The van der Waals surface area contributed by atoms with E-state index in [1.165, 1.54) is 19.2 Å². The summed E-state index contributed by atoms with van der Waals surface area (Å²) >= 11 is 0. The largest absolute Gasteiger partial charge is 0.465 e. The fourth-order valence-electron chi connectivity index (χ4n) is 2.33. The molecule has 0 radical (unpaired) electrons. The van der Waals surface area contributed by atoms with Gasteiger partial charge in [-0.3, -0.25) is 0 Å². The number of carbonyl (C=O) groups is 1. The fourth-order valence-corrected chi connectivity index (χ4v) is 2.33. The molecule has 0 saturated heterocycles. The van der Waals surface area contributed by atoms with Gasteiger partial charge in [0, 0.05) is 17.4 Å². The average Bonchev–Trinajstić information content (AvgIpc) is 2.63. The second-order valence-corrected chi connectivity index (χ2v) is 5.51. The predicted octanol–water partition coefficient (Wildman–Crippen LogP) is 4.20. The maximum absolute atomic E-state index is 13.0. The molecule has 0 atom stereocenters. The third kappa shape index (κ3) is 4.32. The van der Waals surface area contributed by atoms with E-state index in [0.29, 0.717) is 23.0 Å². The van der Waals surface area contributed by atoms with E-state index in [2.05, 4.69) is 25.3 Å². The minimum atomic E-state index is -0.389. The minimum Gasteiger partial charge on any atom is -0.465 e. The molecule has 2 N–H and O–H groups in total. The number of hydrogen-bond donors (Lipinski definition) is 2. The van der Waals surface area contributed by atoms with Crippen LogP contribution in [0.2, 0.25) is 0 Å². The summed E-state index contributed by atoms with van der Waals surface area (Å²) in [6, 6.07) is 14.6. The number of ether oxygens (including phenoxy) is 1. The summed E-state index contributed by atoms with van der Waals surface area (Å²) in [6.07, 6.45) is 0. The van der Waals surface area contributed by atoms with Crippen molar-refractivity contribution in [1.82, 2.24) is 9.97 Å². The molecule has 1 aromatic heterocycles. The Balaban J connectivity index is 1.77. The molecule has 7 heteroatoms. The van der Waals surface area contributed by atoms with Gasteiger partial charge in [0.15, 0.2) is 0 Å². The van der Waals surface area contributed by atoms with Crippen molar-refractivity contribution in [2.45, 2.75) is 6.92 Å². The molecule has 0 bridgehead atoms. The van der Waals surface area contributed by atoms with Gasteiger partial charge in [0.05, 0.1) is 12.7 Å². The van der Waals surface area contributed by atoms with E-state index >= 15 is 0 Å². The number of rotatable bonds is 5. The molecule has 26 heavy (non-hydrogen) atoms. The van der Waals surface area contributed by atoms with Gasteiger partial charge in [-0.25, -0.2) is 19.2 Å². The maximum Gasteiger partial charge on any atom is 0.337 e. The molecule has 6 nitrogen and oxygen atoms in total. The van der Waals surface area contributed by atoms with E-state index in [1.54, 1.807) is 49.4 Å². The van der Waals surface area contributed by atoms with Crippen LogP contribution in [0.1, 0.15) is 16.2 Å². The molecule has 0 saturated carbocycles. The molecule has 0 amide bonds.